The van der Waals surface area contributed by atoms with Crippen molar-refractivity contribution in [1.82, 2.24) is 0 Å². The summed E-state index contributed by atoms with van der Waals surface area (Å²) in [5.41, 5.74) is -1.32. The van der Waals surface area contributed by atoms with Crippen molar-refractivity contribution in [3.8, 4) is 11.5 Å². The van der Waals surface area contributed by atoms with Crippen LogP contribution < -0.4 is 0 Å². The van der Waals surface area contributed by atoms with Gasteiger partial charge in [0.25, 0.3) is 20.2 Å². The van der Waals surface area contributed by atoms with Gasteiger partial charge in [-0.2, -0.15) is 16.8 Å². The van der Waals surface area contributed by atoms with E-state index in [1.807, 2.05) is 0 Å². The smallest absolute Gasteiger partial charge is 0.296 e. The maximum atomic E-state index is 12.0. The third-order valence-electron chi connectivity index (χ3n) is 4.40. The third-order valence-corrected chi connectivity index (χ3v) is 7.30. The fourth-order valence-corrected chi connectivity index (χ4v) is 5.29. The van der Waals surface area contributed by atoms with Crippen molar-refractivity contribution >= 4 is 64.9 Å². The van der Waals surface area contributed by atoms with E-state index < -0.39 is 79.1 Å². The third kappa shape index (κ3) is 5.09. The average Bonchev–Trinajstić information content (AvgIpc) is 2.66. The van der Waals surface area contributed by atoms with Gasteiger partial charge in [-0.1, -0.05) is 17.7 Å². The second kappa shape index (κ2) is 8.59. The number of phenols is 2. The topological polar surface area (TPSA) is 235 Å². The van der Waals surface area contributed by atoms with Crippen molar-refractivity contribution in [2.75, 3.05) is 0 Å². The van der Waals surface area contributed by atoms with Crippen molar-refractivity contribution in [1.29, 1.82) is 0 Å². The molecule has 13 nitrogen and oxygen atoms in total. The highest BCUT2D eigenvalue weighted by Gasteiger charge is 2.28. The normalized spacial score (nSPS) is 13.6. The van der Waals surface area contributed by atoms with Gasteiger partial charge in [-0.25, -0.2) is 0 Å². The van der Waals surface area contributed by atoms with Crippen LogP contribution in [-0.4, -0.2) is 49.8 Å². The highest BCUT2D eigenvalue weighted by molar-refractivity contribution is 8.19. The molecule has 3 aromatic rings. The first-order chi connectivity index (χ1) is 15.4. The molecule has 0 unspecified atom stereocenters. The van der Waals surface area contributed by atoms with Gasteiger partial charge in [-0.15, -0.1) is 10.2 Å². The van der Waals surface area contributed by atoms with Gasteiger partial charge in [0.05, 0.1) is 14.8 Å². The van der Waals surface area contributed by atoms with E-state index in [2.05, 4.69) is 10.2 Å². The number of aromatic hydroxyl groups is 2. The van der Waals surface area contributed by atoms with Crippen LogP contribution in [0.25, 0.3) is 10.8 Å². The molecule has 184 valence electrons. The second-order valence-electron chi connectivity index (χ2n) is 6.87. The van der Waals surface area contributed by atoms with Gasteiger partial charge in [-0.3, -0.25) is 9.11 Å². The first kappa shape index (κ1) is 26.1. The zero-order chi connectivity index (χ0) is 25.8. The van der Waals surface area contributed by atoms with Crippen molar-refractivity contribution < 1.29 is 49.8 Å². The molecule has 17 heteroatoms. The van der Waals surface area contributed by atoms with E-state index in [1.54, 1.807) is 0 Å². The van der Waals surface area contributed by atoms with E-state index in [0.717, 1.165) is 12.1 Å². The Balaban J connectivity index is 2.40. The van der Waals surface area contributed by atoms with Gasteiger partial charge in [0.15, 0.2) is 11.5 Å². The molecule has 7 N–H and O–H groups in total. The number of nitrogens with zero attached hydrogens (tertiary/aromatic N) is 2. The first-order valence-electron chi connectivity index (χ1n) is 8.61. The van der Waals surface area contributed by atoms with Gasteiger partial charge in [0.1, 0.15) is 27.1 Å². The number of aryl methyl sites for hydroxylation is 1. The maximum absolute atomic E-state index is 12.0. The maximum Gasteiger partial charge on any atom is 0.296 e. The van der Waals surface area contributed by atoms with Crippen molar-refractivity contribution in [3.05, 3.63) is 40.9 Å². The molecule has 0 fully saturated rings. The molecule has 0 saturated heterocycles. The molecule has 0 radical (unpaired) electrons. The lowest BCUT2D eigenvalue weighted by atomic mass is 10.1. The molecule has 0 heterocycles. The van der Waals surface area contributed by atoms with Crippen LogP contribution >= 0.6 is 22.5 Å². The number of hydrogen-bond donors (Lipinski definition) is 7. The van der Waals surface area contributed by atoms with Gasteiger partial charge in [0.2, 0.25) is 0 Å². The van der Waals surface area contributed by atoms with Gasteiger partial charge in [-0.05, 0) is 42.1 Å². The molecule has 0 aliphatic heterocycles. The van der Waals surface area contributed by atoms with Crippen molar-refractivity contribution in [2.24, 2.45) is 10.2 Å². The molecule has 34 heavy (non-hydrogen) atoms. The molecule has 0 amide bonds. The SMILES string of the molecule is Cc1cc(S(O)(O)O)c2c(O)c(N=Nc3cc(S(=O)(=O)O)cc(Cl)c3O)c(S(=O)(=O)O)cc2c1. The van der Waals surface area contributed by atoms with E-state index in [1.165, 1.54) is 13.0 Å². The minimum absolute atomic E-state index is 0.132. The zero-order valence-electron chi connectivity index (χ0n) is 16.6. The van der Waals surface area contributed by atoms with Crippen LogP contribution in [0.3, 0.4) is 0 Å². The fraction of sp³-hybridized carbons (Fsp3) is 0.0588. The Morgan fingerprint density at radius 2 is 1.38 bits per heavy atom. The zero-order valence-corrected chi connectivity index (χ0v) is 19.9. The van der Waals surface area contributed by atoms with Crippen LogP contribution in [0, 0.1) is 6.92 Å². The van der Waals surface area contributed by atoms with Crippen molar-refractivity contribution in [2.45, 2.75) is 21.6 Å². The predicted octanol–water partition coefficient (Wildman–Crippen LogP) is 4.70. The molecular formula is C17H15ClN2O11S3. The van der Waals surface area contributed by atoms with Crippen LogP contribution in [0.1, 0.15) is 5.56 Å². The van der Waals surface area contributed by atoms with Gasteiger partial charge in [0, 0.05) is 5.39 Å². The minimum Gasteiger partial charge on any atom is -0.505 e. The number of hydrogen-bond acceptors (Lipinski definition) is 11. The lowest BCUT2D eigenvalue weighted by Gasteiger charge is -2.23. The summed E-state index contributed by atoms with van der Waals surface area (Å²) in [5.74, 6) is -1.89. The Bertz CT molecular complexity index is 1580. The van der Waals surface area contributed by atoms with Crippen molar-refractivity contribution in [3.63, 3.8) is 0 Å². The Morgan fingerprint density at radius 1 is 0.765 bits per heavy atom. The summed E-state index contributed by atoms with van der Waals surface area (Å²) in [5, 5.41) is 26.6. The number of azo groups is 1. The lowest BCUT2D eigenvalue weighted by Crippen LogP contribution is -2.02. The minimum atomic E-state index is -5.08. The summed E-state index contributed by atoms with van der Waals surface area (Å²) >= 11 is 5.71. The molecule has 0 atom stereocenters. The van der Waals surface area contributed by atoms with E-state index in [0.29, 0.717) is 17.7 Å². The van der Waals surface area contributed by atoms with Crippen LogP contribution in [0.5, 0.6) is 11.5 Å². The highest BCUT2D eigenvalue weighted by atomic mass is 35.5. The Labute approximate surface area is 198 Å². The fourth-order valence-electron chi connectivity index (χ4n) is 2.99. The van der Waals surface area contributed by atoms with E-state index in [4.69, 9.17) is 11.6 Å². The Kier molecular flexibility index (Phi) is 6.59. The second-order valence-corrected chi connectivity index (χ2v) is 11.6. The highest BCUT2D eigenvalue weighted by Crippen LogP contribution is 2.53. The Morgan fingerprint density at radius 3 is 1.91 bits per heavy atom. The summed E-state index contributed by atoms with van der Waals surface area (Å²) in [7, 11) is -14.3. The standard InChI is InChI=1S/C17H15ClN2O11S3/c1-7-2-8-4-13(34(29,30)31)15(17(22)14(8)12(3-7)33(26,27)28)20-19-11-6-9(32(23,24)25)5-10(18)16(11)21/h2-6,21-22,26-28H,1H3,(H,23,24,25)(H,29,30,31). The monoisotopic (exact) mass is 554 g/mol. The van der Waals surface area contributed by atoms with Gasteiger partial charge >= 0.3 is 0 Å². The average molecular weight is 555 g/mol. The Hall–Kier alpha value is -2.54. The molecule has 0 saturated carbocycles. The first-order valence-corrected chi connectivity index (χ1v) is 13.4. The number of fused-ring (bicyclic) bond motifs is 1. The molecule has 3 aromatic carbocycles. The van der Waals surface area contributed by atoms with Crippen LogP contribution in [0.2, 0.25) is 5.02 Å². The van der Waals surface area contributed by atoms with Crippen LogP contribution in [0.15, 0.2) is 55.2 Å². The van der Waals surface area contributed by atoms with Gasteiger partial charge < -0.3 is 23.9 Å². The molecule has 0 bridgehead atoms. The molecule has 3 rings (SSSR count). The molecule has 0 spiro atoms. The van der Waals surface area contributed by atoms with Crippen LogP contribution in [-0.2, 0) is 20.2 Å². The summed E-state index contributed by atoms with van der Waals surface area (Å²) in [4.78, 5) is -2.38. The van der Waals surface area contributed by atoms with Crippen LogP contribution in [0.4, 0.5) is 11.4 Å². The summed E-state index contributed by atoms with van der Waals surface area (Å²) in [6.07, 6.45) is 0. The van der Waals surface area contributed by atoms with E-state index in [-0.39, 0.29) is 5.39 Å². The van der Waals surface area contributed by atoms with E-state index >= 15 is 0 Å². The number of phenolic OH excluding ortho intramolecular Hbond substituents is 2. The number of rotatable bonds is 5. The lowest BCUT2D eigenvalue weighted by molar-refractivity contribution is 0.376. The largest absolute Gasteiger partial charge is 0.505 e. The summed E-state index contributed by atoms with van der Waals surface area (Å²) in [6.45, 7) is 1.47. The summed E-state index contributed by atoms with van der Waals surface area (Å²) < 4.78 is 94.8. The molecule has 0 aliphatic carbocycles. The molecular weight excluding hydrogens is 540 g/mol. The number of halogens is 1. The number of benzene rings is 3. The molecule has 0 aliphatic rings. The quantitative estimate of drug-likeness (QED) is 0.168. The molecule has 0 aromatic heterocycles. The predicted molar refractivity (Wildman–Crippen MR) is 121 cm³/mol. The summed E-state index contributed by atoms with van der Waals surface area (Å²) in [6, 6.07) is 4.54. The van der Waals surface area contributed by atoms with E-state index in [9.17, 15) is 49.8 Å².